The number of halogens is 1. The van der Waals surface area contributed by atoms with Crippen LogP contribution in [0.4, 0.5) is 0 Å². The van der Waals surface area contributed by atoms with Crippen LogP contribution < -0.4 is 16.0 Å². The SMILES string of the molecule is CN=C(NCC1(NC(C)c2ccccc2)CCOCC1)NC(C)Cc1ccc(C)s1.I. The lowest BCUT2D eigenvalue weighted by Crippen LogP contribution is -2.58. The first-order valence-corrected chi connectivity index (χ1v) is 11.7. The van der Waals surface area contributed by atoms with Gasteiger partial charge in [0.2, 0.25) is 0 Å². The number of hydrogen-bond acceptors (Lipinski definition) is 4. The highest BCUT2D eigenvalue weighted by atomic mass is 127. The molecule has 0 bridgehead atoms. The fourth-order valence-electron chi connectivity index (χ4n) is 4.05. The lowest BCUT2D eigenvalue weighted by Gasteiger charge is -2.41. The molecule has 0 radical (unpaired) electrons. The van der Waals surface area contributed by atoms with Crippen LogP contribution in [-0.4, -0.2) is 44.3 Å². The zero-order chi connectivity index (χ0) is 21.4. The smallest absolute Gasteiger partial charge is 0.191 e. The molecule has 1 fully saturated rings. The average Bonchev–Trinajstić information content (AvgIpc) is 3.16. The van der Waals surface area contributed by atoms with Gasteiger partial charge in [-0.3, -0.25) is 4.99 Å². The Morgan fingerprint density at radius 1 is 1.13 bits per heavy atom. The molecule has 0 amide bonds. The fourth-order valence-corrected chi connectivity index (χ4v) is 5.07. The molecule has 3 N–H and O–H groups in total. The van der Waals surface area contributed by atoms with Gasteiger partial charge in [-0.25, -0.2) is 0 Å². The van der Waals surface area contributed by atoms with Crippen molar-refractivity contribution in [2.45, 2.75) is 57.7 Å². The van der Waals surface area contributed by atoms with E-state index in [9.17, 15) is 0 Å². The van der Waals surface area contributed by atoms with E-state index in [1.807, 2.05) is 18.4 Å². The summed E-state index contributed by atoms with van der Waals surface area (Å²) in [6.07, 6.45) is 2.97. The van der Waals surface area contributed by atoms with Crippen molar-refractivity contribution >= 4 is 41.3 Å². The molecular weight excluding hydrogens is 519 g/mol. The molecule has 1 aliphatic heterocycles. The third kappa shape index (κ3) is 8.04. The Hall–Kier alpha value is -1.16. The van der Waals surface area contributed by atoms with Crippen LogP contribution in [0.1, 0.15) is 48.0 Å². The highest BCUT2D eigenvalue weighted by Crippen LogP contribution is 2.25. The molecule has 1 aromatic carbocycles. The Bertz CT molecular complexity index is 805. The zero-order valence-corrected chi connectivity index (χ0v) is 22.3. The van der Waals surface area contributed by atoms with Crippen LogP contribution >= 0.6 is 35.3 Å². The van der Waals surface area contributed by atoms with Crippen molar-refractivity contribution in [3.05, 3.63) is 57.8 Å². The summed E-state index contributed by atoms with van der Waals surface area (Å²) in [5.74, 6) is 0.857. The summed E-state index contributed by atoms with van der Waals surface area (Å²) in [5, 5.41) is 11.0. The molecule has 31 heavy (non-hydrogen) atoms. The van der Waals surface area contributed by atoms with E-state index < -0.39 is 0 Å². The maximum Gasteiger partial charge on any atom is 0.191 e. The summed E-state index contributed by atoms with van der Waals surface area (Å²) in [4.78, 5) is 7.23. The summed E-state index contributed by atoms with van der Waals surface area (Å²) in [6.45, 7) is 9.00. The van der Waals surface area contributed by atoms with Crippen LogP contribution in [-0.2, 0) is 11.2 Å². The van der Waals surface area contributed by atoms with Gasteiger partial charge in [-0.2, -0.15) is 0 Å². The molecule has 0 aliphatic carbocycles. The lowest BCUT2D eigenvalue weighted by molar-refractivity contribution is 0.0354. The average molecular weight is 557 g/mol. The van der Waals surface area contributed by atoms with Crippen molar-refractivity contribution in [1.82, 2.24) is 16.0 Å². The van der Waals surface area contributed by atoms with Gasteiger partial charge in [0.1, 0.15) is 0 Å². The maximum absolute atomic E-state index is 5.67. The summed E-state index contributed by atoms with van der Waals surface area (Å²) in [5.41, 5.74) is 1.30. The van der Waals surface area contributed by atoms with Crippen LogP contribution in [0.3, 0.4) is 0 Å². The first kappa shape index (κ1) is 26.1. The number of thiophene rings is 1. The van der Waals surface area contributed by atoms with Crippen LogP contribution in [0.15, 0.2) is 47.5 Å². The number of ether oxygens (including phenoxy) is 1. The Morgan fingerprint density at radius 2 is 1.84 bits per heavy atom. The van der Waals surface area contributed by atoms with Crippen molar-refractivity contribution in [1.29, 1.82) is 0 Å². The Balaban J connectivity index is 0.00000341. The summed E-state index contributed by atoms with van der Waals surface area (Å²) in [6, 6.07) is 15.7. The number of benzene rings is 1. The second-order valence-corrected chi connectivity index (χ2v) is 9.73. The number of hydrogen-bond donors (Lipinski definition) is 3. The fraction of sp³-hybridized carbons (Fsp3) is 0.542. The van der Waals surface area contributed by atoms with Gasteiger partial charge in [-0.15, -0.1) is 35.3 Å². The molecule has 172 valence electrons. The third-order valence-electron chi connectivity index (χ3n) is 5.78. The van der Waals surface area contributed by atoms with Crippen molar-refractivity contribution in [3.63, 3.8) is 0 Å². The molecule has 2 atom stereocenters. The predicted molar refractivity (Wildman–Crippen MR) is 143 cm³/mol. The van der Waals surface area contributed by atoms with E-state index in [0.717, 1.165) is 45.0 Å². The zero-order valence-electron chi connectivity index (χ0n) is 19.1. The molecule has 0 saturated carbocycles. The number of rotatable bonds is 8. The molecule has 2 aromatic rings. The van der Waals surface area contributed by atoms with Gasteiger partial charge >= 0.3 is 0 Å². The minimum atomic E-state index is -0.0147. The molecule has 2 unspecified atom stereocenters. The van der Waals surface area contributed by atoms with Crippen LogP contribution in [0.2, 0.25) is 0 Å². The number of aryl methyl sites for hydroxylation is 1. The Morgan fingerprint density at radius 3 is 2.45 bits per heavy atom. The van der Waals surface area contributed by atoms with E-state index in [1.165, 1.54) is 15.3 Å². The first-order chi connectivity index (χ1) is 14.5. The molecular formula is C24H37IN4OS. The number of guanidine groups is 1. The monoisotopic (exact) mass is 556 g/mol. The second-order valence-electron chi connectivity index (χ2n) is 8.36. The van der Waals surface area contributed by atoms with Crippen molar-refractivity contribution in [3.8, 4) is 0 Å². The van der Waals surface area contributed by atoms with Crippen LogP contribution in [0.25, 0.3) is 0 Å². The molecule has 0 spiro atoms. The number of nitrogens with zero attached hydrogens (tertiary/aromatic N) is 1. The Labute approximate surface area is 208 Å². The first-order valence-electron chi connectivity index (χ1n) is 10.9. The summed E-state index contributed by atoms with van der Waals surface area (Å²) >= 11 is 1.87. The quantitative estimate of drug-likeness (QED) is 0.251. The topological polar surface area (TPSA) is 57.7 Å². The molecule has 1 saturated heterocycles. The van der Waals surface area contributed by atoms with Crippen molar-refractivity contribution in [2.24, 2.45) is 4.99 Å². The normalized spacial score (nSPS) is 18.0. The number of aliphatic imine (C=N–C) groups is 1. The number of nitrogens with one attached hydrogen (secondary N) is 3. The van der Waals surface area contributed by atoms with Gasteiger partial charge in [0.05, 0.1) is 0 Å². The second kappa shape index (κ2) is 12.8. The predicted octanol–water partition coefficient (Wildman–Crippen LogP) is 4.67. The minimum absolute atomic E-state index is 0. The lowest BCUT2D eigenvalue weighted by atomic mass is 9.88. The van der Waals surface area contributed by atoms with Gasteiger partial charge < -0.3 is 20.7 Å². The van der Waals surface area contributed by atoms with Gasteiger partial charge in [0.25, 0.3) is 0 Å². The molecule has 5 nitrogen and oxygen atoms in total. The summed E-state index contributed by atoms with van der Waals surface area (Å²) in [7, 11) is 1.84. The molecule has 1 aromatic heterocycles. The van der Waals surface area contributed by atoms with Gasteiger partial charge in [-0.1, -0.05) is 30.3 Å². The van der Waals surface area contributed by atoms with Gasteiger partial charge in [0, 0.05) is 60.6 Å². The highest BCUT2D eigenvalue weighted by Gasteiger charge is 2.34. The molecule has 7 heteroatoms. The summed E-state index contributed by atoms with van der Waals surface area (Å²) < 4.78 is 5.67. The van der Waals surface area contributed by atoms with Crippen LogP contribution in [0, 0.1) is 6.92 Å². The molecule has 1 aliphatic rings. The standard InChI is InChI=1S/C24H36N4OS.HI/c1-18(16-22-11-10-19(2)30-22)27-23(25-4)26-17-24(12-14-29-15-13-24)28-20(3)21-8-6-5-7-9-21;/h5-11,18,20,28H,12-17H2,1-4H3,(H2,25,26,27);1H. The van der Waals surface area contributed by atoms with Crippen molar-refractivity contribution < 1.29 is 4.74 Å². The molecule has 2 heterocycles. The molecule has 3 rings (SSSR count). The van der Waals surface area contributed by atoms with E-state index in [0.29, 0.717) is 6.04 Å². The Kier molecular flexibility index (Phi) is 10.7. The van der Waals surface area contributed by atoms with Crippen LogP contribution in [0.5, 0.6) is 0 Å². The van der Waals surface area contributed by atoms with Crippen molar-refractivity contribution in [2.75, 3.05) is 26.8 Å². The van der Waals surface area contributed by atoms with Gasteiger partial charge in [0.15, 0.2) is 5.96 Å². The van der Waals surface area contributed by atoms with E-state index >= 15 is 0 Å². The van der Waals surface area contributed by atoms with E-state index in [2.05, 4.69) is 84.2 Å². The highest BCUT2D eigenvalue weighted by molar-refractivity contribution is 14.0. The third-order valence-corrected chi connectivity index (χ3v) is 6.80. The van der Waals surface area contributed by atoms with E-state index in [4.69, 9.17) is 4.74 Å². The minimum Gasteiger partial charge on any atom is -0.381 e. The van der Waals surface area contributed by atoms with E-state index in [1.54, 1.807) is 0 Å². The van der Waals surface area contributed by atoms with Gasteiger partial charge in [-0.05, 0) is 51.3 Å². The maximum atomic E-state index is 5.67. The largest absolute Gasteiger partial charge is 0.381 e. The van der Waals surface area contributed by atoms with E-state index in [-0.39, 0.29) is 35.6 Å².